The molecule has 0 saturated carbocycles. The first-order valence-corrected chi connectivity index (χ1v) is 7.75. The van der Waals surface area contributed by atoms with Crippen LogP contribution in [0.4, 0.5) is 30.2 Å². The fourth-order valence-corrected chi connectivity index (χ4v) is 2.33. The molecule has 0 unspecified atom stereocenters. The zero-order valence-corrected chi connectivity index (χ0v) is 14.5. The Hall–Kier alpha value is -3.34. The lowest BCUT2D eigenvalue weighted by atomic mass is 10.1. The molecule has 0 bridgehead atoms. The number of non-ortho nitro benzene ring substituents is 1. The second-order valence-electron chi connectivity index (χ2n) is 5.31. The van der Waals surface area contributed by atoms with Gasteiger partial charge in [-0.05, 0) is 18.2 Å². The highest BCUT2D eigenvalue weighted by Gasteiger charge is 2.34. The van der Waals surface area contributed by atoms with Gasteiger partial charge in [0, 0.05) is 17.8 Å². The number of halogens is 4. The van der Waals surface area contributed by atoms with E-state index in [1.54, 1.807) is 0 Å². The van der Waals surface area contributed by atoms with Gasteiger partial charge in [0.15, 0.2) is 6.61 Å². The third-order valence-corrected chi connectivity index (χ3v) is 3.70. The van der Waals surface area contributed by atoms with Crippen LogP contribution in [0.3, 0.4) is 0 Å². The molecule has 0 aliphatic carbocycles. The van der Waals surface area contributed by atoms with Crippen molar-refractivity contribution in [2.45, 2.75) is 6.18 Å². The summed E-state index contributed by atoms with van der Waals surface area (Å²) in [5.41, 5.74) is 2.74. The maximum Gasteiger partial charge on any atom is 0.418 e. The molecule has 0 heterocycles. The van der Waals surface area contributed by atoms with Crippen LogP contribution in [-0.2, 0) is 15.7 Å². The molecular weight excluding hydrogens is 407 g/mol. The molecule has 0 aromatic heterocycles. The number of para-hydroxylation sites is 1. The second-order valence-corrected chi connectivity index (χ2v) is 5.72. The number of nitrogens with two attached hydrogens (primary N) is 1. The normalized spacial score (nSPS) is 11.0. The number of hydrogen-bond acceptors (Lipinski definition) is 6. The molecule has 0 spiro atoms. The van der Waals surface area contributed by atoms with E-state index in [2.05, 4.69) is 4.74 Å². The molecule has 1 amide bonds. The fourth-order valence-electron chi connectivity index (χ4n) is 2.11. The fraction of sp³-hybridized carbons (Fsp3) is 0.125. The van der Waals surface area contributed by atoms with Crippen LogP contribution < -0.4 is 11.1 Å². The highest BCUT2D eigenvalue weighted by molar-refractivity contribution is 6.34. The van der Waals surface area contributed by atoms with Crippen molar-refractivity contribution in [1.29, 1.82) is 0 Å². The van der Waals surface area contributed by atoms with Gasteiger partial charge in [-0.25, -0.2) is 4.79 Å². The topological polar surface area (TPSA) is 125 Å². The molecule has 2 aromatic rings. The molecule has 2 aromatic carbocycles. The maximum absolute atomic E-state index is 13.0. The van der Waals surface area contributed by atoms with Crippen molar-refractivity contribution in [3.8, 4) is 0 Å². The first kappa shape index (κ1) is 21.0. The molecule has 2 rings (SSSR count). The van der Waals surface area contributed by atoms with E-state index < -0.39 is 46.5 Å². The van der Waals surface area contributed by atoms with Crippen molar-refractivity contribution in [3.63, 3.8) is 0 Å². The number of nitro benzene ring substituents is 1. The molecule has 12 heteroatoms. The largest absolute Gasteiger partial charge is 0.452 e. The van der Waals surface area contributed by atoms with Gasteiger partial charge >= 0.3 is 12.1 Å². The van der Waals surface area contributed by atoms with E-state index in [1.165, 1.54) is 0 Å². The van der Waals surface area contributed by atoms with Crippen LogP contribution in [-0.4, -0.2) is 23.4 Å². The summed E-state index contributed by atoms with van der Waals surface area (Å²) in [6.45, 7) is -0.969. The summed E-state index contributed by atoms with van der Waals surface area (Å²) in [6.07, 6.45) is -4.78. The number of hydrogen-bond donors (Lipinski definition) is 2. The van der Waals surface area contributed by atoms with E-state index in [0.717, 1.165) is 36.4 Å². The predicted molar refractivity (Wildman–Crippen MR) is 92.9 cm³/mol. The Morgan fingerprint density at radius 1 is 1.25 bits per heavy atom. The van der Waals surface area contributed by atoms with Crippen LogP contribution in [0.15, 0.2) is 36.4 Å². The van der Waals surface area contributed by atoms with E-state index in [0.29, 0.717) is 0 Å². The number of alkyl halides is 3. The van der Waals surface area contributed by atoms with Crippen molar-refractivity contribution in [2.75, 3.05) is 17.7 Å². The number of nitrogens with one attached hydrogen (secondary N) is 1. The Bertz CT molecular complexity index is 950. The van der Waals surface area contributed by atoms with Gasteiger partial charge in [0.25, 0.3) is 11.6 Å². The number of nitro groups is 1. The summed E-state index contributed by atoms with van der Waals surface area (Å²) in [7, 11) is 0. The molecule has 148 valence electrons. The number of nitrogens with zero attached hydrogens (tertiary/aromatic N) is 1. The van der Waals surface area contributed by atoms with Crippen molar-refractivity contribution in [3.05, 3.63) is 62.7 Å². The standard InChI is InChI=1S/C16H11ClF3N3O5/c17-11-3-1-2-10(16(18,19)20)14(11)22-13(24)7-28-15(25)9-6-8(23(26)27)4-5-12(9)21/h1-6H,7,21H2,(H,22,24). The van der Waals surface area contributed by atoms with E-state index in [4.69, 9.17) is 17.3 Å². The first-order valence-electron chi connectivity index (χ1n) is 7.37. The predicted octanol–water partition coefficient (Wildman–Crippen LogP) is 3.64. The average Bonchev–Trinajstić information content (AvgIpc) is 2.60. The number of esters is 1. The van der Waals surface area contributed by atoms with E-state index in [9.17, 15) is 32.9 Å². The second kappa shape index (κ2) is 8.13. The minimum absolute atomic E-state index is 0.138. The van der Waals surface area contributed by atoms with Gasteiger partial charge in [-0.1, -0.05) is 17.7 Å². The van der Waals surface area contributed by atoms with E-state index >= 15 is 0 Å². The van der Waals surface area contributed by atoms with Crippen LogP contribution in [0.5, 0.6) is 0 Å². The molecule has 0 fully saturated rings. The Labute approximate surface area is 160 Å². The van der Waals surface area contributed by atoms with Gasteiger partial charge in [0.1, 0.15) is 0 Å². The summed E-state index contributed by atoms with van der Waals surface area (Å²) in [5.74, 6) is -2.26. The molecule has 28 heavy (non-hydrogen) atoms. The SMILES string of the molecule is Nc1ccc([N+](=O)[O-])cc1C(=O)OCC(=O)Nc1c(Cl)cccc1C(F)(F)F. The average molecular weight is 418 g/mol. The van der Waals surface area contributed by atoms with Gasteiger partial charge in [-0.2, -0.15) is 13.2 Å². The first-order chi connectivity index (χ1) is 13.0. The monoisotopic (exact) mass is 417 g/mol. The Kier molecular flexibility index (Phi) is 6.09. The van der Waals surface area contributed by atoms with Gasteiger partial charge in [-0.3, -0.25) is 14.9 Å². The summed E-state index contributed by atoms with van der Waals surface area (Å²) in [4.78, 5) is 33.8. The lowest BCUT2D eigenvalue weighted by molar-refractivity contribution is -0.384. The van der Waals surface area contributed by atoms with Crippen molar-refractivity contribution in [2.24, 2.45) is 0 Å². The Morgan fingerprint density at radius 3 is 2.54 bits per heavy atom. The molecule has 0 atom stereocenters. The minimum Gasteiger partial charge on any atom is -0.452 e. The van der Waals surface area contributed by atoms with E-state index in [-0.39, 0.29) is 16.3 Å². The molecule has 8 nitrogen and oxygen atoms in total. The molecule has 3 N–H and O–H groups in total. The van der Waals surface area contributed by atoms with Crippen LogP contribution in [0.2, 0.25) is 5.02 Å². The highest BCUT2D eigenvalue weighted by atomic mass is 35.5. The number of ether oxygens (including phenoxy) is 1. The molecular formula is C16H11ClF3N3O5. The number of nitrogen functional groups attached to an aromatic ring is 1. The number of benzene rings is 2. The van der Waals surface area contributed by atoms with Gasteiger partial charge in [-0.15, -0.1) is 0 Å². The number of carbonyl (C=O) groups excluding carboxylic acids is 2. The molecule has 0 radical (unpaired) electrons. The highest BCUT2D eigenvalue weighted by Crippen LogP contribution is 2.38. The van der Waals surface area contributed by atoms with Crippen molar-refractivity contribution < 1.29 is 32.4 Å². The summed E-state index contributed by atoms with van der Waals surface area (Å²) < 4.78 is 43.7. The smallest absolute Gasteiger partial charge is 0.418 e. The van der Waals surface area contributed by atoms with Crippen molar-refractivity contribution in [1.82, 2.24) is 0 Å². The number of amides is 1. The minimum atomic E-state index is -4.78. The van der Waals surface area contributed by atoms with Crippen molar-refractivity contribution >= 4 is 40.5 Å². The van der Waals surface area contributed by atoms with Crippen LogP contribution in [0.1, 0.15) is 15.9 Å². The van der Waals surface area contributed by atoms with Crippen LogP contribution in [0.25, 0.3) is 0 Å². The number of carbonyl (C=O) groups is 2. The third-order valence-electron chi connectivity index (χ3n) is 3.39. The zero-order chi connectivity index (χ0) is 21.1. The van der Waals surface area contributed by atoms with Crippen LogP contribution in [0, 0.1) is 10.1 Å². The Balaban J connectivity index is 2.11. The summed E-state index contributed by atoms with van der Waals surface area (Å²) >= 11 is 5.70. The van der Waals surface area contributed by atoms with Crippen LogP contribution >= 0.6 is 11.6 Å². The van der Waals surface area contributed by atoms with Gasteiger partial charge in [0.05, 0.1) is 26.8 Å². The maximum atomic E-state index is 13.0. The number of rotatable bonds is 5. The third kappa shape index (κ3) is 4.88. The molecule has 0 saturated heterocycles. The quantitative estimate of drug-likeness (QED) is 0.331. The zero-order valence-electron chi connectivity index (χ0n) is 13.7. The lowest BCUT2D eigenvalue weighted by Gasteiger charge is -2.15. The molecule has 0 aliphatic rings. The Morgan fingerprint density at radius 2 is 1.93 bits per heavy atom. The number of anilines is 2. The van der Waals surface area contributed by atoms with E-state index in [1.807, 2.05) is 5.32 Å². The lowest BCUT2D eigenvalue weighted by Crippen LogP contribution is -2.23. The summed E-state index contributed by atoms with van der Waals surface area (Å²) in [5, 5.41) is 12.3. The molecule has 0 aliphatic heterocycles. The van der Waals surface area contributed by atoms with Gasteiger partial charge in [0.2, 0.25) is 0 Å². The van der Waals surface area contributed by atoms with Gasteiger partial charge < -0.3 is 15.8 Å². The summed E-state index contributed by atoms with van der Waals surface area (Å²) in [6, 6.07) is 5.94.